The zero-order valence-electron chi connectivity index (χ0n) is 9.60. The third-order valence-electron chi connectivity index (χ3n) is 3.77. The molecule has 0 aromatic heterocycles. The van der Waals surface area contributed by atoms with Gasteiger partial charge >= 0.3 is 0 Å². The average molecular weight is 202 g/mol. The molecule has 0 spiro atoms. The summed E-state index contributed by atoms with van der Waals surface area (Å²) in [7, 11) is 0. The van der Waals surface area contributed by atoms with E-state index in [1.807, 2.05) is 19.1 Å². The molecule has 0 aliphatic heterocycles. The van der Waals surface area contributed by atoms with Gasteiger partial charge in [0.25, 0.3) is 0 Å². The van der Waals surface area contributed by atoms with Gasteiger partial charge in [-0.05, 0) is 50.3 Å². The molecule has 0 amide bonds. The quantitative estimate of drug-likeness (QED) is 0.549. The Morgan fingerprint density at radius 3 is 2.93 bits per heavy atom. The summed E-state index contributed by atoms with van der Waals surface area (Å²) in [6, 6.07) is 0. The monoisotopic (exact) mass is 202 g/mol. The third kappa shape index (κ3) is 1.72. The van der Waals surface area contributed by atoms with E-state index >= 15 is 0 Å². The van der Waals surface area contributed by atoms with E-state index in [1.165, 1.54) is 17.6 Å². The Labute approximate surface area is 91.6 Å². The first kappa shape index (κ1) is 10.4. The molecule has 0 radical (unpaired) electrons. The summed E-state index contributed by atoms with van der Waals surface area (Å²) in [4.78, 5) is 11.4. The Kier molecular flexibility index (Phi) is 2.67. The van der Waals surface area contributed by atoms with Crippen LogP contribution >= 0.6 is 0 Å². The van der Waals surface area contributed by atoms with E-state index in [0.29, 0.717) is 12.2 Å². The minimum atomic E-state index is 0.138. The molecule has 1 heteroatoms. The summed E-state index contributed by atoms with van der Waals surface area (Å²) >= 11 is 0. The number of hydrogen-bond donors (Lipinski definition) is 0. The van der Waals surface area contributed by atoms with Gasteiger partial charge in [-0.1, -0.05) is 12.5 Å². The van der Waals surface area contributed by atoms with Crippen molar-refractivity contribution >= 4 is 5.78 Å². The molecule has 1 saturated carbocycles. The second-order valence-corrected chi connectivity index (χ2v) is 4.73. The number of fused-ring (bicyclic) bond motifs is 1. The molecule has 0 unspecified atom stereocenters. The van der Waals surface area contributed by atoms with E-state index in [-0.39, 0.29) is 5.41 Å². The topological polar surface area (TPSA) is 17.1 Å². The lowest BCUT2D eigenvalue weighted by atomic mass is 9.63. The third-order valence-corrected chi connectivity index (χ3v) is 3.77. The summed E-state index contributed by atoms with van der Waals surface area (Å²) in [5, 5.41) is 0. The normalized spacial score (nSPS) is 30.4. The molecule has 2 rings (SSSR count). The minimum absolute atomic E-state index is 0.138. The van der Waals surface area contributed by atoms with Gasteiger partial charge in [-0.15, -0.1) is 5.73 Å². The van der Waals surface area contributed by atoms with Gasteiger partial charge in [-0.25, -0.2) is 0 Å². The van der Waals surface area contributed by atoms with Crippen molar-refractivity contribution in [2.75, 3.05) is 0 Å². The Balaban J connectivity index is 2.46. The zero-order chi connectivity index (χ0) is 10.9. The van der Waals surface area contributed by atoms with Gasteiger partial charge in [0.05, 0.1) is 0 Å². The number of ketones is 1. The fourth-order valence-corrected chi connectivity index (χ4v) is 2.79. The Bertz CT molecular complexity index is 380. The van der Waals surface area contributed by atoms with Crippen molar-refractivity contribution in [2.24, 2.45) is 5.41 Å². The van der Waals surface area contributed by atoms with Crippen LogP contribution in [0.15, 0.2) is 29.0 Å². The maximum Gasteiger partial charge on any atom is 0.155 e. The predicted molar refractivity (Wildman–Crippen MR) is 61.6 cm³/mol. The maximum atomic E-state index is 11.4. The molecule has 0 heterocycles. The predicted octanol–water partition coefficient (Wildman–Crippen LogP) is 3.57. The average Bonchev–Trinajstić information content (AvgIpc) is 2.21. The van der Waals surface area contributed by atoms with Crippen molar-refractivity contribution in [3.8, 4) is 0 Å². The molecule has 80 valence electrons. The minimum Gasteiger partial charge on any atom is -0.295 e. The van der Waals surface area contributed by atoms with Crippen molar-refractivity contribution in [3.63, 3.8) is 0 Å². The van der Waals surface area contributed by atoms with E-state index in [4.69, 9.17) is 0 Å². The van der Waals surface area contributed by atoms with E-state index in [0.717, 1.165) is 19.3 Å². The molecular formula is C14H18O. The van der Waals surface area contributed by atoms with E-state index in [2.05, 4.69) is 12.7 Å². The molecule has 0 aromatic carbocycles. The second-order valence-electron chi connectivity index (χ2n) is 4.73. The number of rotatable bonds is 0. The fraction of sp³-hybridized carbons (Fsp3) is 0.571. The van der Waals surface area contributed by atoms with E-state index in [1.54, 1.807) is 0 Å². The molecular weight excluding hydrogens is 184 g/mol. The summed E-state index contributed by atoms with van der Waals surface area (Å²) in [5.74, 6) is 0.309. The van der Waals surface area contributed by atoms with Gasteiger partial charge in [-0.3, -0.25) is 4.79 Å². The lowest BCUT2D eigenvalue weighted by Gasteiger charge is -2.40. The highest BCUT2D eigenvalue weighted by Crippen LogP contribution is 2.49. The van der Waals surface area contributed by atoms with E-state index < -0.39 is 0 Å². The Morgan fingerprint density at radius 1 is 1.40 bits per heavy atom. The van der Waals surface area contributed by atoms with Crippen molar-refractivity contribution in [2.45, 2.75) is 46.0 Å². The van der Waals surface area contributed by atoms with Crippen molar-refractivity contribution in [3.05, 3.63) is 29.0 Å². The number of allylic oxidation sites excluding steroid dienone is 3. The summed E-state index contributed by atoms with van der Waals surface area (Å²) < 4.78 is 0. The van der Waals surface area contributed by atoms with Crippen LogP contribution in [-0.4, -0.2) is 5.78 Å². The van der Waals surface area contributed by atoms with Crippen LogP contribution in [-0.2, 0) is 4.79 Å². The Hall–Kier alpha value is -1.07. The van der Waals surface area contributed by atoms with Crippen LogP contribution in [0.5, 0.6) is 0 Å². The summed E-state index contributed by atoms with van der Waals surface area (Å²) in [5.41, 5.74) is 6.26. The fourth-order valence-electron chi connectivity index (χ4n) is 2.79. The molecule has 2 aliphatic carbocycles. The largest absolute Gasteiger partial charge is 0.295 e. The SMILES string of the molecule is CC=C=C1CCCC2=CC(=O)CC[C@@]12C. The number of carbonyl (C=O) groups excluding carboxylic acids is 1. The van der Waals surface area contributed by atoms with Crippen LogP contribution in [0, 0.1) is 5.41 Å². The van der Waals surface area contributed by atoms with Crippen LogP contribution in [0.1, 0.15) is 46.0 Å². The highest BCUT2D eigenvalue weighted by molar-refractivity contribution is 5.92. The highest BCUT2D eigenvalue weighted by Gasteiger charge is 2.38. The molecule has 15 heavy (non-hydrogen) atoms. The van der Waals surface area contributed by atoms with Gasteiger partial charge in [0.15, 0.2) is 5.78 Å². The van der Waals surface area contributed by atoms with Crippen LogP contribution in [0.2, 0.25) is 0 Å². The Morgan fingerprint density at radius 2 is 2.20 bits per heavy atom. The first-order valence-corrected chi connectivity index (χ1v) is 5.81. The number of carbonyl (C=O) groups is 1. The van der Waals surface area contributed by atoms with Crippen molar-refractivity contribution in [1.29, 1.82) is 0 Å². The molecule has 0 aromatic rings. The van der Waals surface area contributed by atoms with Crippen molar-refractivity contribution < 1.29 is 4.79 Å². The van der Waals surface area contributed by atoms with Crippen LogP contribution in [0.3, 0.4) is 0 Å². The number of hydrogen-bond acceptors (Lipinski definition) is 1. The lowest BCUT2D eigenvalue weighted by Crippen LogP contribution is -2.30. The van der Waals surface area contributed by atoms with Gasteiger partial charge in [0.2, 0.25) is 0 Å². The van der Waals surface area contributed by atoms with Crippen LogP contribution < -0.4 is 0 Å². The van der Waals surface area contributed by atoms with Crippen LogP contribution in [0.4, 0.5) is 0 Å². The lowest BCUT2D eigenvalue weighted by molar-refractivity contribution is -0.115. The smallest absolute Gasteiger partial charge is 0.155 e. The standard InChI is InChI=1S/C14H18O/c1-3-5-11-6-4-7-12-10-13(15)8-9-14(11,12)2/h3,10H,4,6-9H2,1-2H3/t5?,14-/m0/s1. The first-order chi connectivity index (χ1) is 7.16. The van der Waals surface area contributed by atoms with Crippen molar-refractivity contribution in [1.82, 2.24) is 0 Å². The molecule has 2 aliphatic rings. The van der Waals surface area contributed by atoms with E-state index in [9.17, 15) is 4.79 Å². The highest BCUT2D eigenvalue weighted by atomic mass is 16.1. The molecule has 1 atom stereocenters. The first-order valence-electron chi connectivity index (χ1n) is 5.81. The molecule has 0 saturated heterocycles. The summed E-state index contributed by atoms with van der Waals surface area (Å²) in [6.07, 6.45) is 8.98. The molecule has 0 N–H and O–H groups in total. The van der Waals surface area contributed by atoms with Gasteiger partial charge in [0, 0.05) is 11.8 Å². The molecule has 1 nitrogen and oxygen atoms in total. The van der Waals surface area contributed by atoms with Gasteiger partial charge in [-0.2, -0.15) is 0 Å². The molecule has 1 fully saturated rings. The maximum absolute atomic E-state index is 11.4. The summed E-state index contributed by atoms with van der Waals surface area (Å²) in [6.45, 7) is 4.29. The second kappa shape index (κ2) is 3.83. The van der Waals surface area contributed by atoms with Crippen LogP contribution in [0.25, 0.3) is 0 Å². The van der Waals surface area contributed by atoms with Gasteiger partial charge in [0.1, 0.15) is 0 Å². The molecule has 0 bridgehead atoms. The zero-order valence-corrected chi connectivity index (χ0v) is 9.60. The van der Waals surface area contributed by atoms with Gasteiger partial charge < -0.3 is 0 Å².